The highest BCUT2D eigenvalue weighted by molar-refractivity contribution is 5.88. The van der Waals surface area contributed by atoms with Gasteiger partial charge in [-0.1, -0.05) is 75.8 Å². The number of carbonyl (C=O) groups excluding carboxylic acids is 1. The summed E-state index contributed by atoms with van der Waals surface area (Å²) in [4.78, 5) is 12.8. The first kappa shape index (κ1) is 77.4. The van der Waals surface area contributed by atoms with Crippen LogP contribution in [-0.4, -0.2) is 282 Å². The van der Waals surface area contributed by atoms with Gasteiger partial charge >= 0.3 is 5.97 Å². The molecule has 0 aliphatic heterocycles. The minimum Gasteiger partial charge on any atom is -0.501 e. The van der Waals surface area contributed by atoms with Crippen LogP contribution in [0.5, 0.6) is 0 Å². The SMILES string of the molecule is CCCCCCCCCOC=C(Cc1ccccc1)C(=O)OCCOCCOCCOCCOCCOCCOCCOCCOCCOCCOCCOCCOCCOCCOCCOCCOCCOCCOCCOCCO. The number of aliphatic hydroxyl groups is 1. The van der Waals surface area contributed by atoms with Gasteiger partial charge in [0.05, 0.1) is 276 Å². The van der Waals surface area contributed by atoms with E-state index in [9.17, 15) is 4.79 Å². The highest BCUT2D eigenvalue weighted by Gasteiger charge is 2.13. The van der Waals surface area contributed by atoms with Crippen LogP contribution in [-0.2, 0) is 111 Å². The van der Waals surface area contributed by atoms with Crippen LogP contribution in [0, 0.1) is 0 Å². The van der Waals surface area contributed by atoms with Crippen molar-refractivity contribution in [3.05, 3.63) is 47.7 Å². The maximum Gasteiger partial charge on any atom is 0.337 e. The second kappa shape index (κ2) is 69.2. The van der Waals surface area contributed by atoms with Gasteiger partial charge in [0.2, 0.25) is 0 Å². The van der Waals surface area contributed by atoms with Crippen molar-refractivity contribution in [2.45, 2.75) is 58.3 Å². The molecule has 0 atom stereocenters. The van der Waals surface area contributed by atoms with Crippen LogP contribution in [0.3, 0.4) is 0 Å². The molecule has 82 heavy (non-hydrogen) atoms. The van der Waals surface area contributed by atoms with E-state index in [-0.39, 0.29) is 19.8 Å². The summed E-state index contributed by atoms with van der Waals surface area (Å²) in [5.41, 5.74) is 1.51. The van der Waals surface area contributed by atoms with E-state index in [0.717, 1.165) is 18.4 Å². The lowest BCUT2D eigenvalue weighted by Crippen LogP contribution is -2.16. The topological polar surface area (TPSA) is 231 Å². The van der Waals surface area contributed by atoms with Crippen LogP contribution in [0.4, 0.5) is 0 Å². The lowest BCUT2D eigenvalue weighted by atomic mass is 10.1. The largest absolute Gasteiger partial charge is 0.501 e. The Bertz CT molecular complexity index is 1400. The second-order valence-corrected chi connectivity index (χ2v) is 17.8. The third-order valence-electron chi connectivity index (χ3n) is 11.0. The van der Waals surface area contributed by atoms with E-state index in [1.54, 1.807) is 6.26 Å². The third kappa shape index (κ3) is 62.0. The van der Waals surface area contributed by atoms with Gasteiger partial charge in [-0.2, -0.15) is 0 Å². The molecule has 0 bridgehead atoms. The zero-order valence-corrected chi connectivity index (χ0v) is 50.0. The molecule has 0 fully saturated rings. The number of carbonyl (C=O) groups is 1. The molecule has 0 radical (unpaired) electrons. The van der Waals surface area contributed by atoms with Crippen LogP contribution >= 0.6 is 0 Å². The number of hydrogen-bond acceptors (Lipinski definition) is 23. The quantitative estimate of drug-likeness (QED) is 0.0402. The summed E-state index contributed by atoms with van der Waals surface area (Å²) in [6, 6.07) is 9.82. The van der Waals surface area contributed by atoms with Crippen LogP contribution in [0.25, 0.3) is 0 Å². The highest BCUT2D eigenvalue weighted by atomic mass is 16.6. The van der Waals surface area contributed by atoms with Crippen molar-refractivity contribution < 1.29 is 109 Å². The van der Waals surface area contributed by atoms with Crippen LogP contribution in [0.15, 0.2) is 42.2 Å². The van der Waals surface area contributed by atoms with E-state index >= 15 is 0 Å². The molecule has 0 saturated carbocycles. The van der Waals surface area contributed by atoms with Crippen molar-refractivity contribution in [2.24, 2.45) is 0 Å². The Morgan fingerprint density at radius 3 is 0.829 bits per heavy atom. The summed E-state index contributed by atoms with van der Waals surface area (Å²) >= 11 is 0. The monoisotopic (exact) mass is 1180 g/mol. The van der Waals surface area contributed by atoms with Gasteiger partial charge in [0.15, 0.2) is 0 Å². The van der Waals surface area contributed by atoms with Crippen molar-refractivity contribution >= 4 is 5.97 Å². The second-order valence-electron chi connectivity index (χ2n) is 17.8. The predicted octanol–water partition coefficient (Wildman–Crippen LogP) is 4.73. The molecule has 0 aromatic heterocycles. The average molecular weight is 1190 g/mol. The molecule has 0 unspecified atom stereocenters. The van der Waals surface area contributed by atoms with E-state index in [1.807, 2.05) is 30.3 Å². The lowest BCUT2D eigenvalue weighted by Gasteiger charge is -2.10. The minimum absolute atomic E-state index is 0.0175. The Morgan fingerprint density at radius 1 is 0.317 bits per heavy atom. The van der Waals surface area contributed by atoms with Crippen LogP contribution in [0.2, 0.25) is 0 Å². The highest BCUT2D eigenvalue weighted by Crippen LogP contribution is 2.12. The van der Waals surface area contributed by atoms with E-state index in [1.165, 1.54) is 32.1 Å². The Hall–Kier alpha value is -2.57. The van der Waals surface area contributed by atoms with Gasteiger partial charge in [0, 0.05) is 6.42 Å². The molecule has 23 nitrogen and oxygen atoms in total. The van der Waals surface area contributed by atoms with Gasteiger partial charge in [0.25, 0.3) is 0 Å². The van der Waals surface area contributed by atoms with Crippen molar-refractivity contribution in [1.29, 1.82) is 0 Å². The fourth-order valence-electron chi connectivity index (χ4n) is 6.69. The summed E-state index contributed by atoms with van der Waals surface area (Å²) < 4.78 is 115. The molecular formula is C59H108O23. The minimum atomic E-state index is -0.396. The summed E-state index contributed by atoms with van der Waals surface area (Å²) in [5.74, 6) is -0.396. The average Bonchev–Trinajstić information content (AvgIpc) is 3.49. The Kier molecular flexibility index (Phi) is 65.4. The van der Waals surface area contributed by atoms with Gasteiger partial charge in [-0.3, -0.25) is 0 Å². The normalized spacial score (nSPS) is 11.8. The molecule has 0 aliphatic rings. The van der Waals surface area contributed by atoms with Crippen molar-refractivity contribution in [3.8, 4) is 0 Å². The molecule has 0 saturated heterocycles. The fourth-order valence-corrected chi connectivity index (χ4v) is 6.69. The fraction of sp³-hybridized carbons (Fsp3) is 0.847. The van der Waals surface area contributed by atoms with E-state index < -0.39 is 5.97 Å². The van der Waals surface area contributed by atoms with E-state index in [2.05, 4.69) is 6.92 Å². The molecule has 0 amide bonds. The molecular weight excluding hydrogens is 1080 g/mol. The number of unbranched alkanes of at least 4 members (excludes halogenated alkanes) is 6. The number of aliphatic hydroxyl groups excluding tert-OH is 1. The summed E-state index contributed by atoms with van der Waals surface area (Å²) in [5, 5.41) is 8.61. The summed E-state index contributed by atoms with van der Waals surface area (Å²) in [7, 11) is 0. The van der Waals surface area contributed by atoms with Gasteiger partial charge in [-0.05, 0) is 12.0 Å². The van der Waals surface area contributed by atoms with Crippen LogP contribution < -0.4 is 0 Å². The first-order valence-electron chi connectivity index (χ1n) is 29.9. The van der Waals surface area contributed by atoms with Gasteiger partial charge < -0.3 is 105 Å². The first-order valence-corrected chi connectivity index (χ1v) is 29.9. The Morgan fingerprint density at radius 2 is 0.561 bits per heavy atom. The number of benzene rings is 1. The maximum absolute atomic E-state index is 12.8. The lowest BCUT2D eigenvalue weighted by molar-refractivity contribution is -0.141. The van der Waals surface area contributed by atoms with Gasteiger partial charge in [0.1, 0.15) is 6.61 Å². The molecule has 1 aromatic carbocycles. The Labute approximate surface area is 490 Å². The number of esters is 1. The zero-order chi connectivity index (χ0) is 58.5. The Balaban J connectivity index is 1.70. The number of ether oxygens (including phenoxy) is 21. The van der Waals surface area contributed by atoms with E-state index in [4.69, 9.17) is 105 Å². The molecule has 0 spiro atoms. The molecule has 1 aromatic rings. The molecule has 0 heterocycles. The molecule has 482 valence electrons. The van der Waals surface area contributed by atoms with Crippen molar-refractivity contribution in [1.82, 2.24) is 0 Å². The number of hydrogen-bond donors (Lipinski definition) is 1. The predicted molar refractivity (Wildman–Crippen MR) is 306 cm³/mol. The van der Waals surface area contributed by atoms with Crippen LogP contribution in [0.1, 0.15) is 57.4 Å². The molecule has 23 heteroatoms. The molecule has 1 rings (SSSR count). The van der Waals surface area contributed by atoms with Gasteiger partial charge in [-0.25, -0.2) is 4.79 Å². The molecule has 0 aliphatic carbocycles. The first-order chi connectivity index (χ1) is 40.8. The van der Waals surface area contributed by atoms with Crippen molar-refractivity contribution in [3.63, 3.8) is 0 Å². The molecule has 1 N–H and O–H groups in total. The summed E-state index contributed by atoms with van der Waals surface area (Å²) in [6.45, 7) is 20.7. The summed E-state index contributed by atoms with van der Waals surface area (Å²) in [6.07, 6.45) is 10.4. The zero-order valence-electron chi connectivity index (χ0n) is 50.0. The van der Waals surface area contributed by atoms with E-state index in [0.29, 0.717) is 263 Å². The standard InChI is InChI=1S/C59H108O23/c1-2-3-4-5-6-7-11-15-81-56-58(55-57-12-9-8-10-13-57)59(61)82-54-53-80-52-51-79-50-49-78-48-47-77-46-45-76-44-43-75-42-41-74-40-39-73-38-37-72-36-35-71-34-33-70-32-31-69-30-29-68-28-27-67-26-25-66-24-23-65-22-21-64-20-19-63-18-17-62-16-14-60/h8-10,12-13,56,60H,2-7,11,14-55H2,1H3. The van der Waals surface area contributed by atoms with Gasteiger partial charge in [-0.15, -0.1) is 0 Å². The number of rotatable bonds is 71. The third-order valence-corrected chi connectivity index (χ3v) is 11.0. The smallest absolute Gasteiger partial charge is 0.337 e. The maximum atomic E-state index is 12.8. The van der Waals surface area contributed by atoms with Crippen molar-refractivity contribution in [2.75, 3.05) is 271 Å².